The lowest BCUT2D eigenvalue weighted by Gasteiger charge is -2.18. The van der Waals surface area contributed by atoms with E-state index in [9.17, 15) is 14.4 Å². The molecule has 0 aliphatic heterocycles. The third-order valence-corrected chi connectivity index (χ3v) is 11.1. The second kappa shape index (κ2) is 34.5. The van der Waals surface area contributed by atoms with Crippen molar-refractivity contribution in [3.63, 3.8) is 0 Å². The van der Waals surface area contributed by atoms with Gasteiger partial charge in [-0.3, -0.25) is 14.4 Å². The molecule has 0 saturated carbocycles. The maximum absolute atomic E-state index is 12.1. The zero-order valence-electron chi connectivity index (χ0n) is 31.5. The Morgan fingerprint density at radius 2 is 1.02 bits per heavy atom. The molecule has 3 amide bonds. The smallest absolute Gasteiger partial charge is 0.226 e. The fourth-order valence-corrected chi connectivity index (χ4v) is 8.00. The van der Waals surface area contributed by atoms with Gasteiger partial charge in [-0.15, -0.1) is 13.2 Å². The number of nitrogens with zero attached hydrogens (tertiary/aromatic N) is 2. The van der Waals surface area contributed by atoms with Crippen LogP contribution in [0, 0.1) is 0 Å². The highest BCUT2D eigenvalue weighted by Gasteiger charge is 2.12. The van der Waals surface area contributed by atoms with Gasteiger partial charge in [0.2, 0.25) is 17.7 Å². The largest absolute Gasteiger partial charge is 0.353 e. The van der Waals surface area contributed by atoms with E-state index in [1.807, 2.05) is 72.4 Å². The van der Waals surface area contributed by atoms with Crippen LogP contribution in [0.1, 0.15) is 148 Å². The molecule has 0 aromatic heterocycles. The van der Waals surface area contributed by atoms with Gasteiger partial charge in [0.15, 0.2) is 0 Å². The normalized spacial score (nSPS) is 12.7. The number of unbranched alkanes of at least 4 members (excludes halogenated alkanes) is 14. The van der Waals surface area contributed by atoms with Gasteiger partial charge in [-0.25, -0.2) is 0 Å². The molecule has 49 heavy (non-hydrogen) atoms. The molecular formula is C40H72N4O3S2. The number of hydrogen-bond donors (Lipinski definition) is 2. The van der Waals surface area contributed by atoms with Crippen molar-refractivity contribution < 1.29 is 14.4 Å². The molecule has 0 heterocycles. The lowest BCUT2D eigenvalue weighted by molar-refractivity contribution is -0.128. The van der Waals surface area contributed by atoms with E-state index in [4.69, 9.17) is 5.73 Å². The van der Waals surface area contributed by atoms with Crippen LogP contribution >= 0.6 is 21.6 Å². The van der Waals surface area contributed by atoms with Crippen LogP contribution in [0.4, 0.5) is 0 Å². The average Bonchev–Trinajstić information content (AvgIpc) is 3.07. The molecule has 1 unspecified atom stereocenters. The molecule has 0 aromatic carbocycles. The molecule has 0 aliphatic carbocycles. The summed E-state index contributed by atoms with van der Waals surface area (Å²) in [7, 11) is 7.33. The first kappa shape index (κ1) is 47.0. The Bertz CT molecular complexity index is 927. The summed E-state index contributed by atoms with van der Waals surface area (Å²) < 4.78 is 0. The molecule has 282 valence electrons. The SMILES string of the molecule is C=CC/C=C/N(C)C(=O)CCCCCCCCCCC(CSSC[C@H](N)CCCCCCCCCCC(=O)N(C)/C=C/CC=C)NC(C)=O. The Hall–Kier alpha value is -1.97. The predicted octanol–water partition coefficient (Wildman–Crippen LogP) is 10.1. The van der Waals surface area contributed by atoms with Crippen molar-refractivity contribution >= 4 is 39.3 Å². The van der Waals surface area contributed by atoms with Crippen molar-refractivity contribution in [2.75, 3.05) is 25.6 Å². The minimum atomic E-state index is 0.0517. The molecule has 0 saturated heterocycles. The van der Waals surface area contributed by atoms with Crippen molar-refractivity contribution in [1.29, 1.82) is 0 Å². The van der Waals surface area contributed by atoms with Gasteiger partial charge in [-0.05, 0) is 38.5 Å². The second-order valence-corrected chi connectivity index (χ2v) is 15.8. The fraction of sp³-hybridized carbons (Fsp3) is 0.725. The van der Waals surface area contributed by atoms with E-state index in [0.29, 0.717) is 12.8 Å². The molecular weight excluding hydrogens is 649 g/mol. The van der Waals surface area contributed by atoms with Crippen LogP contribution in [0.2, 0.25) is 0 Å². The molecule has 0 aromatic rings. The van der Waals surface area contributed by atoms with E-state index in [1.54, 1.807) is 16.7 Å². The van der Waals surface area contributed by atoms with Gasteiger partial charge in [0.05, 0.1) is 0 Å². The third-order valence-electron chi connectivity index (χ3n) is 8.50. The number of carbonyl (C=O) groups is 3. The van der Waals surface area contributed by atoms with Crippen molar-refractivity contribution in [1.82, 2.24) is 15.1 Å². The van der Waals surface area contributed by atoms with Gasteiger partial charge in [-0.2, -0.15) is 0 Å². The van der Waals surface area contributed by atoms with E-state index in [0.717, 1.165) is 69.3 Å². The summed E-state index contributed by atoms with van der Waals surface area (Å²) in [6.07, 6.45) is 34.9. The summed E-state index contributed by atoms with van der Waals surface area (Å²) in [5, 5.41) is 3.15. The van der Waals surface area contributed by atoms with Crippen LogP contribution in [0.5, 0.6) is 0 Å². The molecule has 0 radical (unpaired) electrons. The monoisotopic (exact) mass is 721 g/mol. The number of rotatable bonds is 34. The minimum Gasteiger partial charge on any atom is -0.353 e. The fourth-order valence-electron chi connectivity index (χ4n) is 5.45. The zero-order chi connectivity index (χ0) is 36.4. The summed E-state index contributed by atoms with van der Waals surface area (Å²) in [5.74, 6) is 2.29. The Kier molecular flexibility index (Phi) is 33.1. The van der Waals surface area contributed by atoms with Crippen LogP contribution in [0.25, 0.3) is 0 Å². The number of carbonyl (C=O) groups excluding carboxylic acids is 3. The Labute approximate surface area is 309 Å². The summed E-state index contributed by atoms with van der Waals surface area (Å²) in [4.78, 5) is 39.3. The molecule has 3 N–H and O–H groups in total. The highest BCUT2D eigenvalue weighted by Crippen LogP contribution is 2.25. The molecule has 0 fully saturated rings. The quantitative estimate of drug-likeness (QED) is 0.0390. The van der Waals surface area contributed by atoms with Gasteiger partial charge in [0.1, 0.15) is 0 Å². The van der Waals surface area contributed by atoms with E-state index in [1.165, 1.54) is 70.6 Å². The van der Waals surface area contributed by atoms with Crippen molar-refractivity contribution in [3.8, 4) is 0 Å². The van der Waals surface area contributed by atoms with Gasteiger partial charge < -0.3 is 20.9 Å². The molecule has 7 nitrogen and oxygen atoms in total. The van der Waals surface area contributed by atoms with E-state index < -0.39 is 0 Å². The summed E-state index contributed by atoms with van der Waals surface area (Å²) in [6.45, 7) is 8.98. The van der Waals surface area contributed by atoms with Gasteiger partial charge >= 0.3 is 0 Å². The number of allylic oxidation sites excluding steroid dienone is 4. The number of hydrogen-bond acceptors (Lipinski definition) is 6. The van der Waals surface area contributed by atoms with Crippen LogP contribution < -0.4 is 11.1 Å². The minimum absolute atomic E-state index is 0.0517. The van der Waals surface area contributed by atoms with E-state index in [-0.39, 0.29) is 29.8 Å². The number of amides is 3. The van der Waals surface area contributed by atoms with Crippen LogP contribution in [0.15, 0.2) is 49.9 Å². The third kappa shape index (κ3) is 31.7. The lowest BCUT2D eigenvalue weighted by Crippen LogP contribution is -2.34. The first-order valence-electron chi connectivity index (χ1n) is 19.0. The predicted molar refractivity (Wildman–Crippen MR) is 216 cm³/mol. The van der Waals surface area contributed by atoms with Crippen LogP contribution in [-0.2, 0) is 14.4 Å². The first-order valence-corrected chi connectivity index (χ1v) is 21.5. The van der Waals surface area contributed by atoms with E-state index >= 15 is 0 Å². The second-order valence-electron chi connectivity index (χ2n) is 13.3. The van der Waals surface area contributed by atoms with E-state index in [2.05, 4.69) is 18.5 Å². The maximum atomic E-state index is 12.1. The van der Waals surface area contributed by atoms with Gasteiger partial charge in [0.25, 0.3) is 0 Å². The molecule has 2 atom stereocenters. The molecule has 0 bridgehead atoms. The summed E-state index contributed by atoms with van der Waals surface area (Å²) >= 11 is 0. The molecule has 0 spiro atoms. The standard InChI is InChI=1S/C40H72N4O3S2/c1-6-8-26-32-43(4)39(46)30-24-20-16-12-10-14-18-22-28-37(41)34-48-49-35-38(42-36(3)45)29-23-19-15-11-13-17-21-25-31-40(47)44(5)33-27-9-7-2/h6-7,26-27,32-33,37-38H,1-2,8-25,28-31,34-35,41H2,3-5H3,(H,42,45)/b32-26+,33-27+/t37-,38?/m1/s1. The zero-order valence-corrected chi connectivity index (χ0v) is 33.1. The summed E-state index contributed by atoms with van der Waals surface area (Å²) in [6, 6.07) is 0.449. The molecule has 0 rings (SSSR count). The maximum Gasteiger partial charge on any atom is 0.226 e. The van der Waals surface area contributed by atoms with Crippen LogP contribution in [0.3, 0.4) is 0 Å². The Balaban J connectivity index is 3.77. The van der Waals surface area contributed by atoms with Crippen molar-refractivity contribution in [3.05, 3.63) is 49.9 Å². The van der Waals surface area contributed by atoms with Crippen LogP contribution in [-0.4, -0.2) is 65.2 Å². The highest BCUT2D eigenvalue weighted by atomic mass is 33.1. The lowest BCUT2D eigenvalue weighted by atomic mass is 10.0. The van der Waals surface area contributed by atoms with Crippen molar-refractivity contribution in [2.24, 2.45) is 5.73 Å². The molecule has 0 aliphatic rings. The Morgan fingerprint density at radius 1 is 0.633 bits per heavy atom. The summed E-state index contributed by atoms with van der Waals surface area (Å²) in [5.41, 5.74) is 6.39. The van der Waals surface area contributed by atoms with Gasteiger partial charge in [0, 0.05) is 69.9 Å². The number of nitrogens with two attached hydrogens (primary N) is 1. The van der Waals surface area contributed by atoms with Gasteiger partial charge in [-0.1, -0.05) is 136 Å². The highest BCUT2D eigenvalue weighted by molar-refractivity contribution is 8.76. The first-order chi connectivity index (χ1) is 23.7. The van der Waals surface area contributed by atoms with Crippen molar-refractivity contribution in [2.45, 2.75) is 160 Å². The topological polar surface area (TPSA) is 95.7 Å². The average molecular weight is 721 g/mol. The molecule has 9 heteroatoms. The number of nitrogens with one attached hydrogen (secondary N) is 1. The Morgan fingerprint density at radius 3 is 1.45 bits per heavy atom.